The molecule has 29 heavy (non-hydrogen) atoms. The zero-order valence-corrected chi connectivity index (χ0v) is 18.8. The average molecular weight is 449 g/mol. The lowest BCUT2D eigenvalue weighted by Crippen LogP contribution is -2.58. The minimum absolute atomic E-state index is 0.0708. The Balaban J connectivity index is 2.82. The van der Waals surface area contributed by atoms with Crippen LogP contribution in [0.2, 0.25) is 0 Å². The van der Waals surface area contributed by atoms with Gasteiger partial charge >= 0.3 is 5.97 Å². The maximum absolute atomic E-state index is 12.8. The number of carboxylic acid groups (broad SMARTS) is 1. The Morgan fingerprint density at radius 3 is 2.45 bits per heavy atom. The van der Waals surface area contributed by atoms with E-state index in [-0.39, 0.29) is 17.6 Å². The molecular formula is C18H32N4O5S2. The number of aliphatic carboxylic acids is 1. The predicted octanol–water partition coefficient (Wildman–Crippen LogP) is -0.302. The summed E-state index contributed by atoms with van der Waals surface area (Å²) < 4.78 is 0. The molecule has 3 amide bonds. The lowest BCUT2D eigenvalue weighted by Gasteiger charge is -2.29. The van der Waals surface area contributed by atoms with E-state index in [1.54, 1.807) is 25.6 Å². The summed E-state index contributed by atoms with van der Waals surface area (Å²) in [5, 5.41) is 14.2. The van der Waals surface area contributed by atoms with Crippen LogP contribution in [0.3, 0.4) is 0 Å². The molecule has 0 radical (unpaired) electrons. The highest BCUT2D eigenvalue weighted by atomic mass is 32.2. The lowest BCUT2D eigenvalue weighted by molar-refractivity contribution is -0.143. The smallest absolute Gasteiger partial charge is 0.327 e. The van der Waals surface area contributed by atoms with Crippen molar-refractivity contribution in [1.82, 2.24) is 15.5 Å². The van der Waals surface area contributed by atoms with Crippen molar-refractivity contribution in [2.45, 2.75) is 57.3 Å². The van der Waals surface area contributed by atoms with Crippen molar-refractivity contribution in [3.8, 4) is 0 Å². The third kappa shape index (κ3) is 7.38. The Morgan fingerprint density at radius 1 is 1.28 bits per heavy atom. The van der Waals surface area contributed by atoms with Gasteiger partial charge in [-0.25, -0.2) is 4.79 Å². The van der Waals surface area contributed by atoms with Crippen molar-refractivity contribution < 1.29 is 24.3 Å². The SMILES string of the molecule is CSCCC(N)C(=O)N1CCCC1C(=O)NC(C(=O)NC(CS)C(=O)O)C(C)C. The van der Waals surface area contributed by atoms with Crippen molar-refractivity contribution in [3.63, 3.8) is 0 Å². The quantitative estimate of drug-likeness (QED) is 0.273. The Kier molecular flexibility index (Phi) is 10.8. The van der Waals surface area contributed by atoms with Crippen LogP contribution in [0.1, 0.15) is 33.1 Å². The summed E-state index contributed by atoms with van der Waals surface area (Å²) in [4.78, 5) is 50.6. The van der Waals surface area contributed by atoms with Gasteiger partial charge in [-0.2, -0.15) is 24.4 Å². The van der Waals surface area contributed by atoms with Gasteiger partial charge in [0.1, 0.15) is 18.1 Å². The highest BCUT2D eigenvalue weighted by Crippen LogP contribution is 2.20. The first-order valence-corrected chi connectivity index (χ1v) is 11.7. The van der Waals surface area contributed by atoms with E-state index < -0.39 is 42.0 Å². The standard InChI is InChI=1S/C18H32N4O5S2/c1-10(2)14(16(24)20-12(9-28)18(26)27)21-15(23)13-5-4-7-22(13)17(25)11(19)6-8-29-3/h10-14,28H,4-9,19H2,1-3H3,(H,20,24)(H,21,23)(H,26,27). The van der Waals surface area contributed by atoms with Gasteiger partial charge in [0.25, 0.3) is 0 Å². The number of thiol groups is 1. The van der Waals surface area contributed by atoms with E-state index in [1.807, 2.05) is 6.26 Å². The number of nitrogens with one attached hydrogen (secondary N) is 2. The first kappa shape index (κ1) is 25.6. The first-order chi connectivity index (χ1) is 13.6. The topological polar surface area (TPSA) is 142 Å². The molecule has 0 aliphatic carbocycles. The Bertz CT molecular complexity index is 605. The third-order valence-corrected chi connectivity index (χ3v) is 5.84. The highest BCUT2D eigenvalue weighted by molar-refractivity contribution is 7.98. The van der Waals surface area contributed by atoms with Gasteiger partial charge < -0.3 is 26.4 Å². The number of nitrogens with two attached hydrogens (primary N) is 1. The number of hydrogen-bond acceptors (Lipinski definition) is 7. The van der Waals surface area contributed by atoms with Crippen LogP contribution in [0.5, 0.6) is 0 Å². The summed E-state index contributed by atoms with van der Waals surface area (Å²) in [5.41, 5.74) is 5.98. The molecular weight excluding hydrogens is 416 g/mol. The molecule has 1 heterocycles. The van der Waals surface area contributed by atoms with Gasteiger partial charge in [0.05, 0.1) is 6.04 Å². The molecule has 11 heteroatoms. The first-order valence-electron chi connectivity index (χ1n) is 9.63. The van der Waals surface area contributed by atoms with Crippen LogP contribution < -0.4 is 16.4 Å². The van der Waals surface area contributed by atoms with E-state index in [4.69, 9.17) is 10.8 Å². The number of rotatable bonds is 11. The van der Waals surface area contributed by atoms with Crippen LogP contribution in [-0.4, -0.2) is 82.2 Å². The normalized spacial score (nSPS) is 19.5. The second kappa shape index (κ2) is 12.3. The molecule has 1 fully saturated rings. The molecule has 0 aromatic heterocycles. The number of carbonyl (C=O) groups is 4. The second-order valence-electron chi connectivity index (χ2n) is 7.39. The van der Waals surface area contributed by atoms with E-state index in [2.05, 4.69) is 23.3 Å². The van der Waals surface area contributed by atoms with Gasteiger partial charge in [0.15, 0.2) is 0 Å². The van der Waals surface area contributed by atoms with E-state index in [9.17, 15) is 19.2 Å². The van der Waals surface area contributed by atoms with E-state index in [0.717, 1.165) is 5.75 Å². The van der Waals surface area contributed by atoms with E-state index in [1.165, 1.54) is 4.90 Å². The lowest BCUT2D eigenvalue weighted by atomic mass is 10.0. The Morgan fingerprint density at radius 2 is 1.93 bits per heavy atom. The second-order valence-corrected chi connectivity index (χ2v) is 8.74. The molecule has 4 unspecified atom stereocenters. The molecule has 0 aromatic rings. The third-order valence-electron chi connectivity index (χ3n) is 4.83. The van der Waals surface area contributed by atoms with Gasteiger partial charge in [-0.1, -0.05) is 13.8 Å². The molecule has 4 atom stereocenters. The van der Waals surface area contributed by atoms with Crippen molar-refractivity contribution in [1.29, 1.82) is 0 Å². The van der Waals surface area contributed by atoms with Crippen molar-refractivity contribution in [3.05, 3.63) is 0 Å². The van der Waals surface area contributed by atoms with Gasteiger partial charge in [0.2, 0.25) is 17.7 Å². The summed E-state index contributed by atoms with van der Waals surface area (Å²) in [6.45, 7) is 3.94. The van der Waals surface area contributed by atoms with Gasteiger partial charge in [-0.15, -0.1) is 0 Å². The molecule has 9 nitrogen and oxygen atoms in total. The zero-order valence-electron chi connectivity index (χ0n) is 17.1. The summed E-state index contributed by atoms with van der Waals surface area (Å²) in [6.07, 6.45) is 3.64. The average Bonchev–Trinajstić information content (AvgIpc) is 3.16. The van der Waals surface area contributed by atoms with Crippen LogP contribution in [-0.2, 0) is 19.2 Å². The van der Waals surface area contributed by atoms with Gasteiger partial charge in [0, 0.05) is 12.3 Å². The maximum atomic E-state index is 12.8. The van der Waals surface area contributed by atoms with Crippen molar-refractivity contribution >= 4 is 48.1 Å². The number of amides is 3. The molecule has 5 N–H and O–H groups in total. The van der Waals surface area contributed by atoms with Gasteiger partial charge in [-0.05, 0) is 37.2 Å². The number of nitrogens with zero attached hydrogens (tertiary/aromatic N) is 1. The van der Waals surface area contributed by atoms with Crippen LogP contribution in [0.15, 0.2) is 0 Å². The van der Waals surface area contributed by atoms with E-state index in [0.29, 0.717) is 25.8 Å². The van der Waals surface area contributed by atoms with Crippen LogP contribution in [0.4, 0.5) is 0 Å². The van der Waals surface area contributed by atoms with Crippen LogP contribution >= 0.6 is 24.4 Å². The fourth-order valence-corrected chi connectivity index (χ4v) is 3.85. The summed E-state index contributed by atoms with van der Waals surface area (Å²) in [7, 11) is 0. The van der Waals surface area contributed by atoms with Crippen molar-refractivity contribution in [2.75, 3.05) is 24.3 Å². The zero-order chi connectivity index (χ0) is 22.1. The summed E-state index contributed by atoms with van der Waals surface area (Å²) in [6, 6.07) is -3.42. The Hall–Kier alpha value is -1.46. The van der Waals surface area contributed by atoms with Crippen LogP contribution in [0, 0.1) is 5.92 Å². The maximum Gasteiger partial charge on any atom is 0.327 e. The number of hydrogen-bond donors (Lipinski definition) is 5. The fourth-order valence-electron chi connectivity index (χ4n) is 3.12. The predicted molar refractivity (Wildman–Crippen MR) is 116 cm³/mol. The minimum atomic E-state index is -1.20. The molecule has 166 valence electrons. The number of thioether (sulfide) groups is 1. The molecule has 1 aliphatic heterocycles. The summed E-state index contributed by atoms with van der Waals surface area (Å²) >= 11 is 5.53. The van der Waals surface area contributed by atoms with Gasteiger partial charge in [-0.3, -0.25) is 14.4 Å². The molecule has 1 aliphatic rings. The minimum Gasteiger partial charge on any atom is -0.480 e. The molecule has 0 aromatic carbocycles. The number of likely N-dealkylation sites (tertiary alicyclic amines) is 1. The largest absolute Gasteiger partial charge is 0.480 e. The van der Waals surface area contributed by atoms with Crippen LogP contribution in [0.25, 0.3) is 0 Å². The highest BCUT2D eigenvalue weighted by Gasteiger charge is 2.38. The molecule has 1 saturated heterocycles. The van der Waals surface area contributed by atoms with Crippen molar-refractivity contribution in [2.24, 2.45) is 11.7 Å². The fraction of sp³-hybridized carbons (Fsp3) is 0.778. The number of carbonyl (C=O) groups excluding carboxylic acids is 3. The number of carboxylic acids is 1. The summed E-state index contributed by atoms with van der Waals surface area (Å²) in [5.74, 6) is -2.08. The van der Waals surface area contributed by atoms with E-state index >= 15 is 0 Å². The molecule has 0 saturated carbocycles. The molecule has 0 bridgehead atoms. The monoisotopic (exact) mass is 448 g/mol. The Labute approximate surface area is 181 Å². The molecule has 0 spiro atoms. The molecule has 1 rings (SSSR count).